The van der Waals surface area contributed by atoms with Crippen molar-refractivity contribution in [3.63, 3.8) is 0 Å². The number of ether oxygens (including phenoxy) is 1. The molecule has 0 aliphatic carbocycles. The molecule has 0 aromatic carbocycles. The quantitative estimate of drug-likeness (QED) is 0.678. The van der Waals surface area contributed by atoms with Crippen molar-refractivity contribution >= 4 is 0 Å². The van der Waals surface area contributed by atoms with Gasteiger partial charge in [0.2, 0.25) is 0 Å². The molecule has 0 saturated heterocycles. The SMILES string of the molecule is CCNC(Cc1ccn(C(CC)CC)n1)C(CC)OCC. The van der Waals surface area contributed by atoms with E-state index < -0.39 is 0 Å². The molecule has 0 radical (unpaired) electrons. The molecule has 2 atom stereocenters. The molecule has 122 valence electrons. The van der Waals surface area contributed by atoms with Crippen LogP contribution in [0.25, 0.3) is 0 Å². The lowest BCUT2D eigenvalue weighted by Crippen LogP contribution is -2.42. The first-order valence-electron chi connectivity index (χ1n) is 8.58. The molecule has 0 bridgehead atoms. The van der Waals surface area contributed by atoms with E-state index in [4.69, 9.17) is 9.84 Å². The fourth-order valence-corrected chi connectivity index (χ4v) is 2.91. The smallest absolute Gasteiger partial charge is 0.0729 e. The number of rotatable bonds is 11. The third-order valence-corrected chi connectivity index (χ3v) is 4.11. The van der Waals surface area contributed by atoms with E-state index in [1.54, 1.807) is 0 Å². The number of hydrogen-bond acceptors (Lipinski definition) is 3. The predicted octanol–water partition coefficient (Wildman–Crippen LogP) is 3.58. The van der Waals surface area contributed by atoms with Gasteiger partial charge >= 0.3 is 0 Å². The van der Waals surface area contributed by atoms with E-state index in [1.807, 2.05) is 0 Å². The lowest BCUT2D eigenvalue weighted by Gasteiger charge is -2.26. The van der Waals surface area contributed by atoms with Crippen molar-refractivity contribution in [2.24, 2.45) is 0 Å². The minimum absolute atomic E-state index is 0.258. The molecule has 0 aliphatic rings. The molecule has 1 heterocycles. The summed E-state index contributed by atoms with van der Waals surface area (Å²) in [5, 5.41) is 8.33. The average molecular weight is 295 g/mol. The lowest BCUT2D eigenvalue weighted by atomic mass is 10.0. The van der Waals surface area contributed by atoms with Crippen molar-refractivity contribution in [3.8, 4) is 0 Å². The van der Waals surface area contributed by atoms with E-state index in [1.165, 1.54) is 0 Å². The molecule has 1 aromatic heterocycles. The van der Waals surface area contributed by atoms with Crippen LogP contribution in [0.15, 0.2) is 12.3 Å². The van der Waals surface area contributed by atoms with Gasteiger partial charge in [-0.15, -0.1) is 0 Å². The molecule has 0 fully saturated rings. The van der Waals surface area contributed by atoms with Crippen molar-refractivity contribution in [2.45, 2.75) is 78.5 Å². The second-order valence-electron chi connectivity index (χ2n) is 5.53. The highest BCUT2D eigenvalue weighted by atomic mass is 16.5. The van der Waals surface area contributed by atoms with Gasteiger partial charge in [0.25, 0.3) is 0 Å². The summed E-state index contributed by atoms with van der Waals surface area (Å²) in [6, 6.07) is 3.01. The van der Waals surface area contributed by atoms with Gasteiger partial charge in [-0.1, -0.05) is 27.7 Å². The molecule has 0 spiro atoms. The second-order valence-corrected chi connectivity index (χ2v) is 5.53. The Balaban J connectivity index is 2.74. The van der Waals surface area contributed by atoms with Crippen LogP contribution in [0.3, 0.4) is 0 Å². The highest BCUT2D eigenvalue weighted by molar-refractivity contribution is 5.03. The maximum Gasteiger partial charge on any atom is 0.0729 e. The molecule has 4 heteroatoms. The minimum Gasteiger partial charge on any atom is -0.377 e. The molecule has 1 rings (SSSR count). The number of nitrogens with one attached hydrogen (secondary N) is 1. The van der Waals surface area contributed by atoms with Crippen molar-refractivity contribution < 1.29 is 4.74 Å². The van der Waals surface area contributed by atoms with Gasteiger partial charge in [0.15, 0.2) is 0 Å². The van der Waals surface area contributed by atoms with E-state index in [0.29, 0.717) is 12.1 Å². The fourth-order valence-electron chi connectivity index (χ4n) is 2.91. The van der Waals surface area contributed by atoms with Crippen LogP contribution >= 0.6 is 0 Å². The zero-order valence-electron chi connectivity index (χ0n) is 14.4. The Morgan fingerprint density at radius 1 is 1.14 bits per heavy atom. The Labute approximate surface area is 130 Å². The van der Waals surface area contributed by atoms with E-state index >= 15 is 0 Å². The van der Waals surface area contributed by atoms with E-state index in [2.05, 4.69) is 56.9 Å². The third-order valence-electron chi connectivity index (χ3n) is 4.11. The Morgan fingerprint density at radius 2 is 1.86 bits per heavy atom. The molecule has 1 aromatic rings. The molecule has 0 saturated carbocycles. The molecular formula is C17H33N3O. The topological polar surface area (TPSA) is 39.1 Å². The summed E-state index contributed by atoms with van der Waals surface area (Å²) in [7, 11) is 0. The first-order valence-corrected chi connectivity index (χ1v) is 8.58. The summed E-state index contributed by atoms with van der Waals surface area (Å²) in [6.07, 6.45) is 6.60. The maximum absolute atomic E-state index is 5.88. The minimum atomic E-state index is 0.258. The van der Waals surface area contributed by atoms with Crippen LogP contribution < -0.4 is 5.32 Å². The van der Waals surface area contributed by atoms with Crippen LogP contribution in [0.2, 0.25) is 0 Å². The first-order chi connectivity index (χ1) is 10.2. The third kappa shape index (κ3) is 5.44. The Kier molecular flexibility index (Phi) is 8.62. The van der Waals surface area contributed by atoms with Crippen LogP contribution in [0, 0.1) is 0 Å². The Morgan fingerprint density at radius 3 is 2.38 bits per heavy atom. The summed E-state index contributed by atoms with van der Waals surface area (Å²) in [6.45, 7) is 12.6. The van der Waals surface area contributed by atoms with Gasteiger partial charge in [-0.25, -0.2) is 0 Å². The van der Waals surface area contributed by atoms with Gasteiger partial charge in [-0.3, -0.25) is 4.68 Å². The molecule has 0 amide bonds. The first kappa shape index (κ1) is 18.2. The molecule has 0 aliphatic heterocycles. The highest BCUT2D eigenvalue weighted by Gasteiger charge is 2.21. The van der Waals surface area contributed by atoms with Gasteiger partial charge in [0.05, 0.1) is 17.8 Å². The van der Waals surface area contributed by atoms with Crippen molar-refractivity contribution in [2.75, 3.05) is 13.2 Å². The zero-order chi connectivity index (χ0) is 15.7. The number of hydrogen-bond donors (Lipinski definition) is 1. The largest absolute Gasteiger partial charge is 0.377 e. The summed E-state index contributed by atoms with van der Waals surface area (Å²) in [4.78, 5) is 0. The Hall–Kier alpha value is -0.870. The molecule has 2 unspecified atom stereocenters. The lowest BCUT2D eigenvalue weighted by molar-refractivity contribution is 0.0320. The van der Waals surface area contributed by atoms with Crippen LogP contribution in [0.1, 0.15) is 65.6 Å². The normalized spacial score (nSPS) is 14.6. The van der Waals surface area contributed by atoms with Gasteiger partial charge < -0.3 is 10.1 Å². The molecular weight excluding hydrogens is 262 g/mol. The summed E-state index contributed by atoms with van der Waals surface area (Å²) in [5.74, 6) is 0. The highest BCUT2D eigenvalue weighted by Crippen LogP contribution is 2.16. The van der Waals surface area contributed by atoms with Gasteiger partial charge in [-0.2, -0.15) is 5.10 Å². The number of aromatic nitrogens is 2. The van der Waals surface area contributed by atoms with Crippen LogP contribution in [0.5, 0.6) is 0 Å². The van der Waals surface area contributed by atoms with Crippen molar-refractivity contribution in [1.82, 2.24) is 15.1 Å². The van der Waals surface area contributed by atoms with Gasteiger partial charge in [-0.05, 0) is 38.8 Å². The zero-order valence-corrected chi connectivity index (χ0v) is 14.4. The maximum atomic E-state index is 5.88. The standard InChI is InChI=1S/C17H33N3O/c1-6-15(7-2)20-12-11-14(19-20)13-16(18-9-4)17(8-3)21-10-5/h11-12,15-18H,6-10,13H2,1-5H3. The summed E-state index contributed by atoms with van der Waals surface area (Å²) < 4.78 is 8.00. The molecule has 21 heavy (non-hydrogen) atoms. The molecule has 4 nitrogen and oxygen atoms in total. The average Bonchev–Trinajstić information content (AvgIpc) is 2.94. The monoisotopic (exact) mass is 295 g/mol. The second kappa shape index (κ2) is 9.96. The predicted molar refractivity (Wildman–Crippen MR) is 88.7 cm³/mol. The molecule has 1 N–H and O–H groups in total. The number of likely N-dealkylation sites (N-methyl/N-ethyl adjacent to an activating group) is 1. The van der Waals surface area contributed by atoms with Gasteiger partial charge in [0.1, 0.15) is 0 Å². The summed E-state index contributed by atoms with van der Waals surface area (Å²) >= 11 is 0. The van der Waals surface area contributed by atoms with Gasteiger partial charge in [0, 0.05) is 25.3 Å². The van der Waals surface area contributed by atoms with Crippen LogP contribution in [-0.2, 0) is 11.2 Å². The van der Waals surface area contributed by atoms with Crippen molar-refractivity contribution in [3.05, 3.63) is 18.0 Å². The number of nitrogens with zero attached hydrogens (tertiary/aromatic N) is 2. The fraction of sp³-hybridized carbons (Fsp3) is 0.824. The van der Waals surface area contributed by atoms with Crippen molar-refractivity contribution in [1.29, 1.82) is 0 Å². The van der Waals surface area contributed by atoms with E-state index in [-0.39, 0.29) is 6.10 Å². The van der Waals surface area contributed by atoms with E-state index in [9.17, 15) is 0 Å². The summed E-state index contributed by atoms with van der Waals surface area (Å²) in [5.41, 5.74) is 1.16. The van der Waals surface area contributed by atoms with Crippen LogP contribution in [-0.4, -0.2) is 35.1 Å². The van der Waals surface area contributed by atoms with Crippen LogP contribution in [0.4, 0.5) is 0 Å². The van der Waals surface area contributed by atoms with E-state index in [0.717, 1.165) is 44.5 Å². The Bertz CT molecular complexity index is 374.